The van der Waals surface area contributed by atoms with E-state index in [0.717, 1.165) is 0 Å². The van der Waals surface area contributed by atoms with Crippen LogP contribution in [0.25, 0.3) is 0 Å². The lowest BCUT2D eigenvalue weighted by Gasteiger charge is -2.11. The molecule has 134 valence electrons. The van der Waals surface area contributed by atoms with E-state index in [0.29, 0.717) is 11.5 Å². The molecule has 0 heterocycles. The number of hydrogen-bond donors (Lipinski definition) is 4. The van der Waals surface area contributed by atoms with Gasteiger partial charge in [0.25, 0.3) is 0 Å². The number of methoxy groups -OCH3 is 1. The molecule has 0 radical (unpaired) electrons. The Kier molecular flexibility index (Phi) is 14.4. The molecule has 0 aromatic carbocycles. The summed E-state index contributed by atoms with van der Waals surface area (Å²) in [6, 6.07) is -1.64. The first-order valence-corrected chi connectivity index (χ1v) is 9.03. The van der Waals surface area contributed by atoms with E-state index >= 15 is 0 Å². The Morgan fingerprint density at radius 2 is 1.35 bits per heavy atom. The van der Waals surface area contributed by atoms with Gasteiger partial charge in [-0.1, -0.05) is 0 Å². The van der Waals surface area contributed by atoms with Gasteiger partial charge in [-0.25, -0.2) is 14.4 Å². The summed E-state index contributed by atoms with van der Waals surface area (Å²) in [5.41, 5.74) is 0. The first-order valence-electron chi connectivity index (χ1n) is 6.24. The smallest absolute Gasteiger partial charge is 0.407 e. The molecule has 0 saturated carbocycles. The van der Waals surface area contributed by atoms with Crippen LogP contribution >= 0.6 is 23.5 Å². The van der Waals surface area contributed by atoms with Crippen molar-refractivity contribution in [2.75, 3.05) is 31.1 Å². The van der Waals surface area contributed by atoms with Gasteiger partial charge in [0, 0.05) is 18.4 Å². The van der Waals surface area contributed by atoms with Crippen LogP contribution < -0.4 is 10.6 Å². The van der Waals surface area contributed by atoms with Gasteiger partial charge < -0.3 is 25.6 Å². The van der Waals surface area contributed by atoms with E-state index < -0.39 is 30.1 Å². The maximum atomic E-state index is 10.6. The third-order valence-electron chi connectivity index (χ3n) is 2.12. The van der Waals surface area contributed by atoms with Crippen molar-refractivity contribution in [1.82, 2.24) is 10.6 Å². The van der Waals surface area contributed by atoms with Crippen LogP contribution in [0.1, 0.15) is 6.92 Å². The van der Waals surface area contributed by atoms with E-state index in [1.165, 1.54) is 37.6 Å². The number of alkyl carbamates (subject to hydrolysis) is 1. The maximum absolute atomic E-state index is 10.6. The predicted octanol–water partition coefficient (Wildman–Crippen LogP) is 0.0973. The van der Waals surface area contributed by atoms with E-state index in [9.17, 15) is 19.2 Å². The highest BCUT2D eigenvalue weighted by Crippen LogP contribution is 1.98. The predicted molar refractivity (Wildman–Crippen MR) is 89.0 cm³/mol. The summed E-state index contributed by atoms with van der Waals surface area (Å²) < 4.78 is 4.25. The van der Waals surface area contributed by atoms with Crippen LogP contribution in [0.15, 0.2) is 0 Å². The number of carbonyl (C=O) groups excluding carboxylic acids is 2. The average Bonchev–Trinajstić information content (AvgIpc) is 2.46. The lowest BCUT2D eigenvalue weighted by molar-refractivity contribution is -0.141. The summed E-state index contributed by atoms with van der Waals surface area (Å²) in [6.45, 7) is 1.30. The largest absolute Gasteiger partial charge is 0.480 e. The van der Waals surface area contributed by atoms with E-state index in [4.69, 9.17) is 10.2 Å². The topological polar surface area (TPSA) is 142 Å². The van der Waals surface area contributed by atoms with Gasteiger partial charge in [0.15, 0.2) is 0 Å². The van der Waals surface area contributed by atoms with Crippen molar-refractivity contribution in [1.29, 1.82) is 0 Å². The van der Waals surface area contributed by atoms with E-state index in [1.54, 1.807) is 12.5 Å². The molecule has 2 atom stereocenters. The molecular weight excluding hydrogens is 348 g/mol. The number of rotatable bonds is 8. The van der Waals surface area contributed by atoms with Crippen LogP contribution in [0.5, 0.6) is 0 Å². The zero-order chi connectivity index (χ0) is 18.4. The monoisotopic (exact) mass is 370 g/mol. The Labute approximate surface area is 142 Å². The van der Waals surface area contributed by atoms with Gasteiger partial charge in [-0.2, -0.15) is 23.5 Å². The highest BCUT2D eigenvalue weighted by atomic mass is 32.2. The number of carboxylic acid groups (broad SMARTS) is 2. The first-order chi connectivity index (χ1) is 10.7. The molecule has 4 N–H and O–H groups in total. The van der Waals surface area contributed by atoms with Gasteiger partial charge in [0.05, 0.1) is 7.11 Å². The minimum absolute atomic E-state index is 0.313. The highest BCUT2D eigenvalue weighted by Gasteiger charge is 2.19. The Bertz CT molecular complexity index is 405. The molecule has 0 aliphatic heterocycles. The Hall–Kier alpha value is -1.62. The van der Waals surface area contributed by atoms with Crippen molar-refractivity contribution in [3.05, 3.63) is 0 Å². The molecule has 0 spiro atoms. The molecule has 11 heteroatoms. The van der Waals surface area contributed by atoms with Gasteiger partial charge in [-0.15, -0.1) is 0 Å². The third kappa shape index (κ3) is 13.7. The van der Waals surface area contributed by atoms with Gasteiger partial charge in [-0.3, -0.25) is 4.79 Å². The Morgan fingerprint density at radius 3 is 1.61 bits per heavy atom. The van der Waals surface area contributed by atoms with Crippen molar-refractivity contribution in [2.45, 2.75) is 19.0 Å². The fourth-order valence-corrected chi connectivity index (χ4v) is 2.25. The lowest BCUT2D eigenvalue weighted by atomic mass is 10.3. The molecule has 0 rings (SSSR count). The van der Waals surface area contributed by atoms with Crippen LogP contribution in [0.2, 0.25) is 0 Å². The quantitative estimate of drug-likeness (QED) is 0.468. The van der Waals surface area contributed by atoms with Crippen LogP contribution in [0, 0.1) is 0 Å². The molecule has 9 nitrogen and oxygen atoms in total. The molecule has 0 fully saturated rings. The average molecular weight is 370 g/mol. The van der Waals surface area contributed by atoms with Crippen LogP contribution in [0.3, 0.4) is 0 Å². The summed E-state index contributed by atoms with van der Waals surface area (Å²) in [5, 5.41) is 21.6. The molecule has 23 heavy (non-hydrogen) atoms. The van der Waals surface area contributed by atoms with E-state index in [-0.39, 0.29) is 5.91 Å². The van der Waals surface area contributed by atoms with E-state index in [1.807, 2.05) is 0 Å². The zero-order valence-corrected chi connectivity index (χ0v) is 15.0. The Balaban J connectivity index is 0. The van der Waals surface area contributed by atoms with Crippen molar-refractivity contribution in [3.8, 4) is 0 Å². The molecule has 0 bridgehead atoms. The van der Waals surface area contributed by atoms with Crippen LogP contribution in [-0.2, 0) is 19.1 Å². The van der Waals surface area contributed by atoms with Crippen molar-refractivity contribution < 1.29 is 34.1 Å². The molecule has 0 aromatic heterocycles. The summed E-state index contributed by atoms with van der Waals surface area (Å²) in [7, 11) is 1.19. The summed E-state index contributed by atoms with van der Waals surface area (Å²) in [6.07, 6.45) is 2.82. The lowest BCUT2D eigenvalue weighted by Crippen LogP contribution is -2.42. The normalized spacial score (nSPS) is 12.0. The third-order valence-corrected chi connectivity index (χ3v) is 3.45. The van der Waals surface area contributed by atoms with Crippen molar-refractivity contribution >= 4 is 47.5 Å². The Morgan fingerprint density at radius 1 is 0.957 bits per heavy atom. The molecule has 0 aliphatic rings. The summed E-state index contributed by atoms with van der Waals surface area (Å²) in [5.74, 6) is -1.64. The SMILES string of the molecule is COC(=O)NC(CSC)C(=O)O.CSCC(NC(C)=O)C(=O)O. The minimum Gasteiger partial charge on any atom is -0.480 e. The summed E-state index contributed by atoms with van der Waals surface area (Å²) in [4.78, 5) is 41.9. The van der Waals surface area contributed by atoms with E-state index in [2.05, 4.69) is 15.4 Å². The molecule has 2 unspecified atom stereocenters. The zero-order valence-electron chi connectivity index (χ0n) is 13.3. The molecule has 2 amide bonds. The standard InChI is InChI=1S/C6H11NO4S.C6H11NO3S/c1-11-6(10)7-4(3-12-2)5(8)9;1-4(8)7-5(3-11-2)6(9)10/h4H,3H2,1-2H3,(H,7,10)(H,8,9);5H,3H2,1-2H3,(H,7,8)(H,9,10). The van der Waals surface area contributed by atoms with Gasteiger partial charge >= 0.3 is 18.0 Å². The van der Waals surface area contributed by atoms with Crippen molar-refractivity contribution in [2.24, 2.45) is 0 Å². The first kappa shape index (κ1) is 23.6. The highest BCUT2D eigenvalue weighted by molar-refractivity contribution is 7.98. The fourth-order valence-electron chi connectivity index (χ4n) is 1.13. The minimum atomic E-state index is -1.06. The number of ether oxygens (including phenoxy) is 1. The van der Waals surface area contributed by atoms with Gasteiger partial charge in [-0.05, 0) is 12.5 Å². The second-order valence-electron chi connectivity index (χ2n) is 4.03. The number of aliphatic carboxylic acids is 2. The van der Waals surface area contributed by atoms with Crippen molar-refractivity contribution in [3.63, 3.8) is 0 Å². The number of carbonyl (C=O) groups is 4. The second-order valence-corrected chi connectivity index (χ2v) is 5.85. The number of hydrogen-bond acceptors (Lipinski definition) is 7. The van der Waals surface area contributed by atoms with Crippen LogP contribution in [0.4, 0.5) is 4.79 Å². The number of carboxylic acids is 2. The maximum Gasteiger partial charge on any atom is 0.407 e. The summed E-state index contributed by atoms with van der Waals surface area (Å²) >= 11 is 2.72. The molecule has 0 saturated heterocycles. The number of thioether (sulfide) groups is 2. The molecule has 0 aromatic rings. The van der Waals surface area contributed by atoms with Gasteiger partial charge in [0.2, 0.25) is 5.91 Å². The fraction of sp³-hybridized carbons (Fsp3) is 0.667. The van der Waals surface area contributed by atoms with Crippen LogP contribution in [-0.4, -0.2) is 77.4 Å². The van der Waals surface area contributed by atoms with Gasteiger partial charge in [0.1, 0.15) is 12.1 Å². The number of amides is 2. The molecular formula is C12H22N2O7S2. The second kappa shape index (κ2) is 14.0. The number of nitrogens with one attached hydrogen (secondary N) is 2. The molecule has 0 aliphatic carbocycles.